The minimum Gasteiger partial charge on any atom is -0.312 e. The van der Waals surface area contributed by atoms with Crippen molar-refractivity contribution in [2.75, 3.05) is 6.54 Å². The van der Waals surface area contributed by atoms with Crippen LogP contribution in [0, 0.1) is 6.92 Å². The zero-order valence-electron chi connectivity index (χ0n) is 9.53. The molecule has 0 aliphatic rings. The normalized spacial score (nSPS) is 10.6. The second-order valence-electron chi connectivity index (χ2n) is 3.55. The number of rotatable bonds is 4. The first kappa shape index (κ1) is 11.2. The van der Waals surface area contributed by atoms with Crippen LogP contribution in [0.4, 0.5) is 0 Å². The monoisotopic (exact) mass is 233 g/mol. The zero-order chi connectivity index (χ0) is 11.4. The molecule has 4 heteroatoms. The summed E-state index contributed by atoms with van der Waals surface area (Å²) in [6.45, 7) is 6.06. The molecule has 0 aliphatic carbocycles. The third kappa shape index (κ3) is 2.46. The Morgan fingerprint density at radius 2 is 2.31 bits per heavy atom. The van der Waals surface area contributed by atoms with Gasteiger partial charge in [-0.1, -0.05) is 6.92 Å². The predicted molar refractivity (Wildman–Crippen MR) is 67.5 cm³/mol. The van der Waals surface area contributed by atoms with Gasteiger partial charge < -0.3 is 5.32 Å². The molecule has 0 bridgehead atoms. The predicted octanol–water partition coefficient (Wildman–Crippen LogP) is 2.62. The van der Waals surface area contributed by atoms with Crippen LogP contribution in [-0.2, 0) is 6.54 Å². The van der Waals surface area contributed by atoms with Crippen molar-refractivity contribution in [3.8, 4) is 10.6 Å². The van der Waals surface area contributed by atoms with E-state index in [1.807, 2.05) is 18.3 Å². The summed E-state index contributed by atoms with van der Waals surface area (Å²) >= 11 is 1.74. The molecule has 0 radical (unpaired) electrons. The third-order valence-electron chi connectivity index (χ3n) is 2.34. The molecule has 2 aromatic rings. The summed E-state index contributed by atoms with van der Waals surface area (Å²) in [5, 5.41) is 4.38. The van der Waals surface area contributed by atoms with Crippen LogP contribution >= 0.6 is 11.3 Å². The van der Waals surface area contributed by atoms with Gasteiger partial charge in [-0.05, 0) is 25.6 Å². The quantitative estimate of drug-likeness (QED) is 0.882. The van der Waals surface area contributed by atoms with Crippen LogP contribution in [0.5, 0.6) is 0 Å². The minimum absolute atomic E-state index is 0.903. The summed E-state index contributed by atoms with van der Waals surface area (Å²) in [5.41, 5.74) is 2.21. The van der Waals surface area contributed by atoms with Gasteiger partial charge in [0.15, 0.2) is 0 Å². The minimum atomic E-state index is 0.903. The molecular formula is C12H15N3S. The molecule has 0 saturated carbocycles. The van der Waals surface area contributed by atoms with Gasteiger partial charge in [0.05, 0.1) is 5.69 Å². The van der Waals surface area contributed by atoms with Gasteiger partial charge in [0, 0.05) is 29.4 Å². The van der Waals surface area contributed by atoms with Crippen molar-refractivity contribution < 1.29 is 0 Å². The molecule has 84 valence electrons. The highest BCUT2D eigenvalue weighted by molar-refractivity contribution is 7.15. The van der Waals surface area contributed by atoms with Crippen LogP contribution in [0.2, 0.25) is 0 Å². The van der Waals surface area contributed by atoms with Crippen molar-refractivity contribution >= 4 is 11.3 Å². The number of hydrogen-bond donors (Lipinski definition) is 1. The lowest BCUT2D eigenvalue weighted by atomic mass is 10.3. The van der Waals surface area contributed by atoms with Gasteiger partial charge in [0.2, 0.25) is 0 Å². The molecular weight excluding hydrogens is 218 g/mol. The van der Waals surface area contributed by atoms with Crippen LogP contribution in [-0.4, -0.2) is 16.5 Å². The third-order valence-corrected chi connectivity index (χ3v) is 3.54. The van der Waals surface area contributed by atoms with Crippen LogP contribution in [0.15, 0.2) is 24.5 Å². The van der Waals surface area contributed by atoms with E-state index in [9.17, 15) is 0 Å². The Hall–Kier alpha value is -1.26. The van der Waals surface area contributed by atoms with Gasteiger partial charge >= 0.3 is 0 Å². The van der Waals surface area contributed by atoms with Gasteiger partial charge in [-0.25, -0.2) is 4.98 Å². The number of nitrogens with one attached hydrogen (secondary N) is 1. The fraction of sp³-hybridized carbons (Fsp3) is 0.333. The van der Waals surface area contributed by atoms with Crippen molar-refractivity contribution in [1.29, 1.82) is 0 Å². The highest BCUT2D eigenvalue weighted by atomic mass is 32.1. The fourth-order valence-electron chi connectivity index (χ4n) is 1.44. The molecule has 0 aliphatic heterocycles. The zero-order valence-corrected chi connectivity index (χ0v) is 10.3. The molecule has 0 spiro atoms. The molecule has 16 heavy (non-hydrogen) atoms. The molecule has 0 unspecified atom stereocenters. The summed E-state index contributed by atoms with van der Waals surface area (Å²) in [6, 6.07) is 3.98. The van der Waals surface area contributed by atoms with Gasteiger partial charge in [-0.2, -0.15) is 0 Å². The Kier molecular flexibility index (Phi) is 3.64. The van der Waals surface area contributed by atoms with E-state index in [4.69, 9.17) is 0 Å². The summed E-state index contributed by atoms with van der Waals surface area (Å²) < 4.78 is 0. The fourth-order valence-corrected chi connectivity index (χ4v) is 2.47. The molecule has 0 aromatic carbocycles. The molecule has 2 aromatic heterocycles. The van der Waals surface area contributed by atoms with E-state index < -0.39 is 0 Å². The van der Waals surface area contributed by atoms with Crippen LogP contribution in [0.1, 0.15) is 17.5 Å². The topological polar surface area (TPSA) is 37.8 Å². The molecule has 0 amide bonds. The molecule has 2 rings (SSSR count). The number of aromatic nitrogens is 2. The Morgan fingerprint density at radius 1 is 1.44 bits per heavy atom. The smallest absolute Gasteiger partial charge is 0.125 e. The molecule has 1 N–H and O–H groups in total. The van der Waals surface area contributed by atoms with E-state index >= 15 is 0 Å². The number of aryl methyl sites for hydroxylation is 1. The first-order valence-electron chi connectivity index (χ1n) is 5.38. The highest BCUT2D eigenvalue weighted by Gasteiger charge is 2.08. The maximum Gasteiger partial charge on any atom is 0.125 e. The second-order valence-corrected chi connectivity index (χ2v) is 4.63. The van der Waals surface area contributed by atoms with E-state index in [1.54, 1.807) is 17.5 Å². The van der Waals surface area contributed by atoms with Crippen molar-refractivity contribution in [2.24, 2.45) is 0 Å². The van der Waals surface area contributed by atoms with Crippen molar-refractivity contribution in [2.45, 2.75) is 20.4 Å². The molecule has 0 saturated heterocycles. The van der Waals surface area contributed by atoms with E-state index in [0.717, 1.165) is 29.4 Å². The lowest BCUT2D eigenvalue weighted by Gasteiger charge is -1.97. The first-order chi connectivity index (χ1) is 7.81. The lowest BCUT2D eigenvalue weighted by Crippen LogP contribution is -2.11. The van der Waals surface area contributed by atoms with Gasteiger partial charge in [0.25, 0.3) is 0 Å². The van der Waals surface area contributed by atoms with Crippen LogP contribution in [0.3, 0.4) is 0 Å². The Morgan fingerprint density at radius 3 is 3.00 bits per heavy atom. The van der Waals surface area contributed by atoms with E-state index in [0.29, 0.717) is 0 Å². The summed E-state index contributed by atoms with van der Waals surface area (Å²) in [6.07, 6.45) is 3.64. The number of hydrogen-bond acceptors (Lipinski definition) is 4. The first-order valence-corrected chi connectivity index (χ1v) is 6.20. The summed E-state index contributed by atoms with van der Waals surface area (Å²) in [7, 11) is 0. The van der Waals surface area contributed by atoms with E-state index in [2.05, 4.69) is 29.1 Å². The summed E-state index contributed by atoms with van der Waals surface area (Å²) in [5.74, 6) is 0. The van der Waals surface area contributed by atoms with Crippen molar-refractivity contribution in [3.05, 3.63) is 35.1 Å². The van der Waals surface area contributed by atoms with Crippen LogP contribution in [0.25, 0.3) is 10.6 Å². The number of thiazole rings is 1. The number of nitrogens with zero attached hydrogens (tertiary/aromatic N) is 2. The van der Waals surface area contributed by atoms with E-state index in [-0.39, 0.29) is 0 Å². The van der Waals surface area contributed by atoms with Gasteiger partial charge in [-0.3, -0.25) is 4.98 Å². The number of pyridine rings is 1. The van der Waals surface area contributed by atoms with Crippen LogP contribution < -0.4 is 5.32 Å². The standard InChI is InChI=1S/C12H15N3S/c1-3-13-8-11-9(2)15-12(16-11)10-5-4-6-14-7-10/h4-7,13H,3,8H2,1-2H3. The molecule has 0 fully saturated rings. The maximum absolute atomic E-state index is 4.57. The Bertz CT molecular complexity index is 451. The largest absolute Gasteiger partial charge is 0.312 e. The van der Waals surface area contributed by atoms with Crippen molar-refractivity contribution in [1.82, 2.24) is 15.3 Å². The van der Waals surface area contributed by atoms with E-state index in [1.165, 1.54) is 4.88 Å². The lowest BCUT2D eigenvalue weighted by molar-refractivity contribution is 0.731. The average molecular weight is 233 g/mol. The Balaban J connectivity index is 2.24. The second kappa shape index (κ2) is 5.18. The SMILES string of the molecule is CCNCc1sc(-c2cccnc2)nc1C. The molecule has 3 nitrogen and oxygen atoms in total. The molecule has 0 atom stereocenters. The highest BCUT2D eigenvalue weighted by Crippen LogP contribution is 2.26. The maximum atomic E-state index is 4.57. The summed E-state index contributed by atoms with van der Waals surface area (Å²) in [4.78, 5) is 9.99. The van der Waals surface area contributed by atoms with Gasteiger partial charge in [0.1, 0.15) is 5.01 Å². The van der Waals surface area contributed by atoms with Gasteiger partial charge in [-0.15, -0.1) is 11.3 Å². The molecule has 2 heterocycles. The average Bonchev–Trinajstić information content (AvgIpc) is 2.69. The van der Waals surface area contributed by atoms with Crippen molar-refractivity contribution in [3.63, 3.8) is 0 Å². The Labute approximate surface area is 99.6 Å².